The molecule has 1 unspecified atom stereocenters. The summed E-state index contributed by atoms with van der Waals surface area (Å²) >= 11 is 7.86. The van der Waals surface area contributed by atoms with E-state index in [1.54, 1.807) is 0 Å². The van der Waals surface area contributed by atoms with Gasteiger partial charge in [0.25, 0.3) is 0 Å². The Hall–Kier alpha value is -0.470. The number of hydrogen-bond acceptors (Lipinski definition) is 2. The topological polar surface area (TPSA) is 17.1 Å². The Bertz CT molecular complexity index is 452. The average molecular weight is 267 g/mol. The molecule has 2 aliphatic rings. The van der Waals surface area contributed by atoms with Gasteiger partial charge in [-0.3, -0.25) is 4.79 Å². The maximum atomic E-state index is 12.2. The highest BCUT2D eigenvalue weighted by Crippen LogP contribution is 2.38. The third kappa shape index (κ3) is 2.25. The maximum Gasteiger partial charge on any atom is 0.176 e. The molecule has 0 amide bonds. The molecule has 0 heterocycles. The number of carbonyl (C=O) groups is 1. The van der Waals surface area contributed by atoms with Gasteiger partial charge in [0, 0.05) is 15.8 Å². The zero-order chi connectivity index (χ0) is 11.8. The van der Waals surface area contributed by atoms with Crippen molar-refractivity contribution >= 4 is 29.1 Å². The van der Waals surface area contributed by atoms with E-state index in [9.17, 15) is 4.79 Å². The summed E-state index contributed by atoms with van der Waals surface area (Å²) in [5.41, 5.74) is 2.03. The fraction of sp³-hybridized carbons (Fsp3) is 0.500. The zero-order valence-electron chi connectivity index (χ0n) is 9.62. The molecule has 0 N–H and O–H groups in total. The summed E-state index contributed by atoms with van der Waals surface area (Å²) in [7, 11) is 0. The second-order valence-electron chi connectivity index (χ2n) is 4.90. The fourth-order valence-corrected chi connectivity index (χ4v) is 4.60. The van der Waals surface area contributed by atoms with Gasteiger partial charge in [-0.05, 0) is 43.0 Å². The Morgan fingerprint density at radius 1 is 1.24 bits per heavy atom. The quantitative estimate of drug-likeness (QED) is 0.801. The summed E-state index contributed by atoms with van der Waals surface area (Å²) < 4.78 is 0. The SMILES string of the molecule is O=C1c2ccc(Cl)cc2CC1SC1CCCC1. The minimum Gasteiger partial charge on any atom is -0.293 e. The number of benzene rings is 1. The monoisotopic (exact) mass is 266 g/mol. The fourth-order valence-electron chi connectivity index (χ4n) is 2.80. The summed E-state index contributed by atoms with van der Waals surface area (Å²) in [6, 6.07) is 5.65. The first kappa shape index (κ1) is 11.6. The lowest BCUT2D eigenvalue weighted by Crippen LogP contribution is -2.15. The number of carbonyl (C=O) groups excluding carboxylic acids is 1. The van der Waals surface area contributed by atoms with Crippen LogP contribution in [0.25, 0.3) is 0 Å². The second-order valence-corrected chi connectivity index (χ2v) is 6.85. The molecule has 0 spiro atoms. The molecule has 1 atom stereocenters. The largest absolute Gasteiger partial charge is 0.293 e. The van der Waals surface area contributed by atoms with Crippen molar-refractivity contribution in [3.05, 3.63) is 34.3 Å². The number of fused-ring (bicyclic) bond motifs is 1. The van der Waals surface area contributed by atoms with Gasteiger partial charge in [-0.25, -0.2) is 0 Å². The van der Waals surface area contributed by atoms with Crippen LogP contribution in [0.5, 0.6) is 0 Å². The van der Waals surface area contributed by atoms with E-state index < -0.39 is 0 Å². The van der Waals surface area contributed by atoms with Crippen LogP contribution in [0.1, 0.15) is 41.6 Å². The first-order valence-corrected chi connectivity index (χ1v) is 7.54. The van der Waals surface area contributed by atoms with E-state index in [1.807, 2.05) is 30.0 Å². The molecular weight excluding hydrogens is 252 g/mol. The highest BCUT2D eigenvalue weighted by atomic mass is 35.5. The van der Waals surface area contributed by atoms with Crippen molar-refractivity contribution in [1.82, 2.24) is 0 Å². The third-order valence-corrected chi connectivity index (χ3v) is 5.49. The Morgan fingerprint density at radius 2 is 2.00 bits per heavy atom. The van der Waals surface area contributed by atoms with E-state index in [0.29, 0.717) is 11.0 Å². The molecule has 2 aliphatic carbocycles. The molecule has 3 heteroatoms. The Morgan fingerprint density at radius 3 is 2.76 bits per heavy atom. The first-order valence-electron chi connectivity index (χ1n) is 6.22. The molecule has 0 radical (unpaired) electrons. The normalized spacial score (nSPS) is 24.3. The number of thioether (sulfide) groups is 1. The molecule has 90 valence electrons. The van der Waals surface area contributed by atoms with Gasteiger partial charge >= 0.3 is 0 Å². The van der Waals surface area contributed by atoms with E-state index in [4.69, 9.17) is 11.6 Å². The molecule has 1 aromatic carbocycles. The molecule has 1 fully saturated rings. The van der Waals surface area contributed by atoms with Crippen LogP contribution in [-0.2, 0) is 6.42 Å². The van der Waals surface area contributed by atoms with Gasteiger partial charge in [-0.2, -0.15) is 0 Å². The van der Waals surface area contributed by atoms with Gasteiger partial charge in [0.15, 0.2) is 5.78 Å². The van der Waals surface area contributed by atoms with Crippen LogP contribution in [0.4, 0.5) is 0 Å². The smallest absolute Gasteiger partial charge is 0.176 e. The predicted molar refractivity (Wildman–Crippen MR) is 73.1 cm³/mol. The lowest BCUT2D eigenvalue weighted by Gasteiger charge is -2.13. The molecule has 0 aliphatic heterocycles. The highest BCUT2D eigenvalue weighted by molar-refractivity contribution is 8.01. The number of halogens is 1. The van der Waals surface area contributed by atoms with Crippen LogP contribution < -0.4 is 0 Å². The molecule has 0 saturated heterocycles. The van der Waals surface area contributed by atoms with Crippen molar-refractivity contribution in [3.8, 4) is 0 Å². The molecule has 1 saturated carbocycles. The maximum absolute atomic E-state index is 12.2. The van der Waals surface area contributed by atoms with Crippen LogP contribution in [-0.4, -0.2) is 16.3 Å². The van der Waals surface area contributed by atoms with Crippen molar-refractivity contribution in [2.24, 2.45) is 0 Å². The lowest BCUT2D eigenvalue weighted by atomic mass is 10.1. The Balaban J connectivity index is 1.76. The van der Waals surface area contributed by atoms with Crippen LogP contribution in [0.15, 0.2) is 18.2 Å². The molecular formula is C14H15ClOS. The summed E-state index contributed by atoms with van der Waals surface area (Å²) in [6.45, 7) is 0. The van der Waals surface area contributed by atoms with Gasteiger partial charge in [-0.15, -0.1) is 11.8 Å². The minimum absolute atomic E-state index is 0.145. The Labute approximate surface area is 111 Å². The van der Waals surface area contributed by atoms with Gasteiger partial charge in [0.05, 0.1) is 5.25 Å². The lowest BCUT2D eigenvalue weighted by molar-refractivity contribution is 0.1000. The Kier molecular flexibility index (Phi) is 3.18. The van der Waals surface area contributed by atoms with E-state index in [-0.39, 0.29) is 5.25 Å². The summed E-state index contributed by atoms with van der Waals surface area (Å²) in [5, 5.41) is 1.59. The number of rotatable bonds is 2. The van der Waals surface area contributed by atoms with Crippen LogP contribution in [0, 0.1) is 0 Å². The van der Waals surface area contributed by atoms with Crippen molar-refractivity contribution in [1.29, 1.82) is 0 Å². The van der Waals surface area contributed by atoms with Gasteiger partial charge in [0.2, 0.25) is 0 Å². The molecule has 0 aromatic heterocycles. The van der Waals surface area contributed by atoms with Crippen LogP contribution in [0.2, 0.25) is 5.02 Å². The summed E-state index contributed by atoms with van der Waals surface area (Å²) in [5.74, 6) is 0.313. The highest BCUT2D eigenvalue weighted by Gasteiger charge is 2.33. The van der Waals surface area contributed by atoms with Crippen LogP contribution >= 0.6 is 23.4 Å². The van der Waals surface area contributed by atoms with Gasteiger partial charge < -0.3 is 0 Å². The van der Waals surface area contributed by atoms with Crippen molar-refractivity contribution in [2.75, 3.05) is 0 Å². The summed E-state index contributed by atoms with van der Waals surface area (Å²) in [6.07, 6.45) is 6.10. The van der Waals surface area contributed by atoms with Crippen LogP contribution in [0.3, 0.4) is 0 Å². The van der Waals surface area contributed by atoms with E-state index in [0.717, 1.165) is 22.6 Å². The number of hydrogen-bond donors (Lipinski definition) is 0. The molecule has 0 bridgehead atoms. The second kappa shape index (κ2) is 4.66. The standard InChI is InChI=1S/C14H15ClOS/c15-10-5-6-12-9(7-10)8-13(14(12)16)17-11-3-1-2-4-11/h5-7,11,13H,1-4,8H2. The minimum atomic E-state index is 0.145. The van der Waals surface area contributed by atoms with Gasteiger partial charge in [0.1, 0.15) is 0 Å². The molecule has 3 rings (SSSR count). The molecule has 17 heavy (non-hydrogen) atoms. The number of ketones is 1. The molecule has 1 aromatic rings. The zero-order valence-corrected chi connectivity index (χ0v) is 11.2. The van der Waals surface area contributed by atoms with E-state index in [2.05, 4.69) is 0 Å². The number of Topliss-reactive ketones (excluding diaryl/α,β-unsaturated/α-hetero) is 1. The first-order chi connectivity index (χ1) is 8.24. The molecule has 1 nitrogen and oxygen atoms in total. The van der Waals surface area contributed by atoms with E-state index in [1.165, 1.54) is 25.7 Å². The van der Waals surface area contributed by atoms with Crippen molar-refractivity contribution in [2.45, 2.75) is 42.6 Å². The summed E-state index contributed by atoms with van der Waals surface area (Å²) in [4.78, 5) is 12.2. The average Bonchev–Trinajstić information content (AvgIpc) is 2.89. The van der Waals surface area contributed by atoms with Crippen molar-refractivity contribution in [3.63, 3.8) is 0 Å². The van der Waals surface area contributed by atoms with Gasteiger partial charge in [-0.1, -0.05) is 24.4 Å². The van der Waals surface area contributed by atoms with Crippen molar-refractivity contribution < 1.29 is 4.79 Å². The predicted octanol–water partition coefficient (Wildman–Crippen LogP) is 4.12. The third-order valence-electron chi connectivity index (χ3n) is 3.69. The van der Waals surface area contributed by atoms with E-state index >= 15 is 0 Å².